The number of aryl methyl sites for hydroxylation is 1. The fourth-order valence-corrected chi connectivity index (χ4v) is 2.76. The number of rotatable bonds is 2. The number of benzene rings is 2. The molecule has 0 radical (unpaired) electrons. The van der Waals surface area contributed by atoms with E-state index in [1.165, 1.54) is 6.07 Å². The molecule has 6 heteroatoms. The van der Waals surface area contributed by atoms with Crippen LogP contribution in [-0.2, 0) is 6.18 Å². The zero-order chi connectivity index (χ0) is 18.0. The van der Waals surface area contributed by atoms with Crippen molar-refractivity contribution < 1.29 is 13.2 Å². The predicted molar refractivity (Wildman–Crippen MR) is 96.6 cm³/mol. The van der Waals surface area contributed by atoms with E-state index in [2.05, 4.69) is 10.3 Å². The molecule has 1 N–H and O–H groups in total. The maximum absolute atomic E-state index is 12.9. The first-order valence-corrected chi connectivity index (χ1v) is 8.16. The topological polar surface area (TPSA) is 24.4 Å². The van der Waals surface area contributed by atoms with Crippen molar-refractivity contribution >= 4 is 29.1 Å². The Morgan fingerprint density at radius 2 is 1.92 bits per heavy atom. The number of aliphatic imine (C=N–C) groups is 1. The van der Waals surface area contributed by atoms with Crippen LogP contribution in [0.15, 0.2) is 47.5 Å². The monoisotopic (exact) mass is 364 g/mol. The first kappa shape index (κ1) is 17.5. The Morgan fingerprint density at radius 3 is 2.64 bits per heavy atom. The third-order valence-corrected chi connectivity index (χ3v) is 4.37. The average molecular weight is 365 g/mol. The van der Waals surface area contributed by atoms with Crippen molar-refractivity contribution in [3.05, 3.63) is 69.8 Å². The van der Waals surface area contributed by atoms with Crippen LogP contribution in [-0.4, -0.2) is 18.8 Å². The fourth-order valence-electron chi connectivity index (χ4n) is 2.57. The molecule has 0 saturated heterocycles. The third-order valence-electron chi connectivity index (χ3n) is 3.96. The molecule has 0 bridgehead atoms. The van der Waals surface area contributed by atoms with Crippen LogP contribution in [0.3, 0.4) is 0 Å². The summed E-state index contributed by atoms with van der Waals surface area (Å²) in [5.74, 6) is 0. The lowest BCUT2D eigenvalue weighted by atomic mass is 10.0. The Bertz CT molecular complexity index is 854. The molecule has 2 aromatic carbocycles. The Hall–Kier alpha value is -2.27. The van der Waals surface area contributed by atoms with Gasteiger partial charge in [0.05, 0.1) is 17.8 Å². The van der Waals surface area contributed by atoms with Crippen LogP contribution in [0.4, 0.5) is 18.9 Å². The fraction of sp³-hybridized carbons (Fsp3) is 0.211. The summed E-state index contributed by atoms with van der Waals surface area (Å²) in [6.07, 6.45) is -0.703. The van der Waals surface area contributed by atoms with Gasteiger partial charge in [0.2, 0.25) is 0 Å². The molecule has 0 aromatic heterocycles. The van der Waals surface area contributed by atoms with Gasteiger partial charge in [0.1, 0.15) is 0 Å². The Balaban J connectivity index is 1.94. The number of nitrogens with one attached hydrogen (secondary N) is 1. The number of hydrogen-bond donors (Lipinski definition) is 1. The molecule has 0 spiro atoms. The summed E-state index contributed by atoms with van der Waals surface area (Å²) in [6.45, 7) is 2.90. The van der Waals surface area contributed by atoms with Gasteiger partial charge in [-0.15, -0.1) is 0 Å². The van der Waals surface area contributed by atoms with E-state index in [-0.39, 0.29) is 0 Å². The van der Waals surface area contributed by atoms with Crippen molar-refractivity contribution in [2.24, 2.45) is 4.99 Å². The number of allylic oxidation sites excluding steroid dienone is 1. The zero-order valence-electron chi connectivity index (χ0n) is 13.5. The molecule has 1 aliphatic rings. The normalized spacial score (nSPS) is 14.7. The van der Waals surface area contributed by atoms with Gasteiger partial charge < -0.3 is 5.32 Å². The van der Waals surface area contributed by atoms with E-state index < -0.39 is 11.7 Å². The lowest BCUT2D eigenvalue weighted by molar-refractivity contribution is -0.137. The highest BCUT2D eigenvalue weighted by molar-refractivity contribution is 6.31. The molecule has 0 unspecified atom stereocenters. The quantitative estimate of drug-likeness (QED) is 0.737. The van der Waals surface area contributed by atoms with Gasteiger partial charge >= 0.3 is 6.18 Å². The standard InChI is InChI=1S/C19H16ClF3N2/c1-12-2-3-13(10-16(12)20)4-7-17-15-6-5-14(19(21,22)23)11-18(15)25-9-8-24-17/h2-7,10-11,25H,8-9H2,1H3/b7-4+. The molecule has 1 heterocycles. The van der Waals surface area contributed by atoms with E-state index in [0.29, 0.717) is 35.1 Å². The second-order valence-corrected chi connectivity index (χ2v) is 6.20. The largest absolute Gasteiger partial charge is 0.416 e. The van der Waals surface area contributed by atoms with Crippen LogP contribution >= 0.6 is 11.6 Å². The number of nitrogens with zero attached hydrogens (tertiary/aromatic N) is 1. The van der Waals surface area contributed by atoms with Gasteiger partial charge in [0, 0.05) is 22.8 Å². The van der Waals surface area contributed by atoms with Crippen molar-refractivity contribution in [3.8, 4) is 0 Å². The molecule has 0 atom stereocenters. The maximum atomic E-state index is 12.9. The highest BCUT2D eigenvalue weighted by Crippen LogP contribution is 2.33. The van der Waals surface area contributed by atoms with Gasteiger partial charge in [-0.1, -0.05) is 35.9 Å². The van der Waals surface area contributed by atoms with Crippen molar-refractivity contribution in [2.75, 3.05) is 18.4 Å². The smallest absolute Gasteiger partial charge is 0.383 e. The van der Waals surface area contributed by atoms with E-state index >= 15 is 0 Å². The van der Waals surface area contributed by atoms with Crippen LogP contribution in [0.5, 0.6) is 0 Å². The number of hydrogen-bond acceptors (Lipinski definition) is 2. The number of benzodiazepines with no additional fused rings is 1. The van der Waals surface area contributed by atoms with Gasteiger partial charge in [-0.3, -0.25) is 4.99 Å². The Morgan fingerprint density at radius 1 is 1.12 bits per heavy atom. The summed E-state index contributed by atoms with van der Waals surface area (Å²) < 4.78 is 38.7. The molecular formula is C19H16ClF3N2. The highest BCUT2D eigenvalue weighted by atomic mass is 35.5. The Kier molecular flexibility index (Phi) is 4.86. The van der Waals surface area contributed by atoms with Crippen molar-refractivity contribution in [3.63, 3.8) is 0 Å². The van der Waals surface area contributed by atoms with Crippen LogP contribution in [0.2, 0.25) is 5.02 Å². The summed E-state index contributed by atoms with van der Waals surface area (Å²) in [4.78, 5) is 4.46. The third kappa shape index (κ3) is 4.04. The molecule has 25 heavy (non-hydrogen) atoms. The van der Waals surface area contributed by atoms with E-state index in [1.54, 1.807) is 6.08 Å². The van der Waals surface area contributed by atoms with E-state index in [0.717, 1.165) is 23.3 Å². The molecule has 2 aromatic rings. The van der Waals surface area contributed by atoms with Crippen molar-refractivity contribution in [1.29, 1.82) is 0 Å². The lowest BCUT2D eigenvalue weighted by Gasteiger charge is -2.12. The predicted octanol–water partition coefficient (Wildman–Crippen LogP) is 5.60. The van der Waals surface area contributed by atoms with Crippen LogP contribution in [0.1, 0.15) is 22.3 Å². The zero-order valence-corrected chi connectivity index (χ0v) is 14.2. The highest BCUT2D eigenvalue weighted by Gasteiger charge is 2.31. The molecular weight excluding hydrogens is 349 g/mol. The molecule has 0 aliphatic carbocycles. The van der Waals surface area contributed by atoms with E-state index in [1.807, 2.05) is 31.2 Å². The van der Waals surface area contributed by atoms with Crippen LogP contribution in [0.25, 0.3) is 6.08 Å². The van der Waals surface area contributed by atoms with Gasteiger partial charge in [-0.05, 0) is 42.3 Å². The summed E-state index contributed by atoms with van der Waals surface area (Å²) in [5.41, 5.74) is 2.96. The molecule has 0 saturated carbocycles. The van der Waals surface area contributed by atoms with E-state index in [9.17, 15) is 13.2 Å². The number of alkyl halides is 3. The summed E-state index contributed by atoms with van der Waals surface area (Å²) in [7, 11) is 0. The van der Waals surface area contributed by atoms with Crippen molar-refractivity contribution in [1.82, 2.24) is 0 Å². The van der Waals surface area contributed by atoms with Gasteiger partial charge in [0.15, 0.2) is 0 Å². The first-order valence-electron chi connectivity index (χ1n) is 7.79. The average Bonchev–Trinajstić information content (AvgIpc) is 2.76. The van der Waals surface area contributed by atoms with Gasteiger partial charge in [-0.2, -0.15) is 13.2 Å². The number of fused-ring (bicyclic) bond motifs is 1. The molecule has 1 aliphatic heterocycles. The molecule has 0 fully saturated rings. The molecule has 0 amide bonds. The first-order chi connectivity index (χ1) is 11.8. The number of halogens is 4. The molecule has 130 valence electrons. The van der Waals surface area contributed by atoms with Crippen molar-refractivity contribution in [2.45, 2.75) is 13.1 Å². The molecule has 3 rings (SSSR count). The second kappa shape index (κ2) is 6.92. The van der Waals surface area contributed by atoms with Crippen LogP contribution < -0.4 is 5.32 Å². The minimum Gasteiger partial charge on any atom is -0.383 e. The molecule has 2 nitrogen and oxygen atoms in total. The minimum absolute atomic E-state index is 0.442. The summed E-state index contributed by atoms with van der Waals surface area (Å²) >= 11 is 6.12. The number of anilines is 1. The van der Waals surface area contributed by atoms with Gasteiger partial charge in [0.25, 0.3) is 0 Å². The minimum atomic E-state index is -4.37. The summed E-state index contributed by atoms with van der Waals surface area (Å²) in [6, 6.07) is 9.37. The van der Waals surface area contributed by atoms with E-state index in [4.69, 9.17) is 11.6 Å². The lowest BCUT2D eigenvalue weighted by Crippen LogP contribution is -2.09. The second-order valence-electron chi connectivity index (χ2n) is 5.79. The van der Waals surface area contributed by atoms with Gasteiger partial charge in [-0.25, -0.2) is 0 Å². The SMILES string of the molecule is Cc1ccc(/C=C/C2=NCCNc3cc(C(F)(F)F)ccc32)cc1Cl. The van der Waals surface area contributed by atoms with Crippen LogP contribution in [0, 0.1) is 6.92 Å². The Labute approximate surface area is 149 Å². The maximum Gasteiger partial charge on any atom is 0.416 e. The summed E-state index contributed by atoms with van der Waals surface area (Å²) in [5, 5.41) is 3.68.